The van der Waals surface area contributed by atoms with Crippen molar-refractivity contribution in [1.82, 2.24) is 0 Å². The second-order valence-electron chi connectivity index (χ2n) is 5.73. The number of nitrogens with zero attached hydrogens (tertiary/aromatic N) is 1. The molecule has 0 atom stereocenters. The zero-order valence-corrected chi connectivity index (χ0v) is 10.8. The third kappa shape index (κ3) is 2.78. The summed E-state index contributed by atoms with van der Waals surface area (Å²) in [6, 6.07) is 7.99. The lowest BCUT2D eigenvalue weighted by Gasteiger charge is -2.32. The molecule has 1 aliphatic heterocycles. The van der Waals surface area contributed by atoms with Crippen molar-refractivity contribution in [3.8, 4) is 0 Å². The van der Waals surface area contributed by atoms with Crippen LogP contribution in [0.25, 0.3) is 0 Å². The molecular formula is C14H20N2O. The lowest BCUT2D eigenvalue weighted by atomic mass is 9.91. The van der Waals surface area contributed by atoms with Gasteiger partial charge in [0, 0.05) is 19.5 Å². The molecule has 1 amide bonds. The summed E-state index contributed by atoms with van der Waals surface area (Å²) in [6.07, 6.45) is 0.585. The quantitative estimate of drug-likeness (QED) is 0.807. The molecule has 0 spiro atoms. The van der Waals surface area contributed by atoms with E-state index in [1.54, 1.807) is 0 Å². The lowest BCUT2D eigenvalue weighted by Crippen LogP contribution is -2.40. The molecule has 1 aliphatic rings. The molecule has 0 aromatic heterocycles. The summed E-state index contributed by atoms with van der Waals surface area (Å²) in [4.78, 5) is 14.2. The Hall–Kier alpha value is -1.51. The maximum Gasteiger partial charge on any atom is 0.227 e. The predicted molar refractivity (Wildman–Crippen MR) is 71.4 cm³/mol. The average Bonchev–Trinajstić information content (AvgIpc) is 2.26. The van der Waals surface area contributed by atoms with Crippen LogP contribution in [0.4, 0.5) is 11.4 Å². The van der Waals surface area contributed by atoms with E-state index in [1.165, 1.54) is 0 Å². The first-order valence-electron chi connectivity index (χ1n) is 6.11. The predicted octanol–water partition coefficient (Wildman–Crippen LogP) is 2.88. The van der Waals surface area contributed by atoms with Gasteiger partial charge in [-0.2, -0.15) is 0 Å². The summed E-state index contributed by atoms with van der Waals surface area (Å²) in [5, 5.41) is 3.32. The Balaban J connectivity index is 2.21. The van der Waals surface area contributed by atoms with Crippen molar-refractivity contribution in [3.05, 3.63) is 24.3 Å². The molecule has 0 bridgehead atoms. The van der Waals surface area contributed by atoms with Crippen molar-refractivity contribution < 1.29 is 4.79 Å². The van der Waals surface area contributed by atoms with Crippen LogP contribution in [0.3, 0.4) is 0 Å². The fourth-order valence-electron chi connectivity index (χ4n) is 2.09. The van der Waals surface area contributed by atoms with Gasteiger partial charge in [0.05, 0.1) is 11.4 Å². The first kappa shape index (κ1) is 12.0. The fraction of sp³-hybridized carbons (Fsp3) is 0.500. The van der Waals surface area contributed by atoms with E-state index in [4.69, 9.17) is 0 Å². The number of benzene rings is 1. The number of hydrogen-bond donors (Lipinski definition) is 1. The minimum absolute atomic E-state index is 0.0386. The minimum Gasteiger partial charge on any atom is -0.382 e. The molecule has 0 radical (unpaired) electrons. The smallest absolute Gasteiger partial charge is 0.227 e. The van der Waals surface area contributed by atoms with Gasteiger partial charge in [-0.3, -0.25) is 4.79 Å². The number of para-hydroxylation sites is 2. The number of rotatable bonds is 1. The second-order valence-corrected chi connectivity index (χ2v) is 5.73. The van der Waals surface area contributed by atoms with E-state index in [0.717, 1.165) is 24.5 Å². The van der Waals surface area contributed by atoms with Crippen molar-refractivity contribution in [2.75, 3.05) is 23.3 Å². The van der Waals surface area contributed by atoms with Gasteiger partial charge in [-0.25, -0.2) is 0 Å². The molecule has 1 aromatic carbocycles. The van der Waals surface area contributed by atoms with Gasteiger partial charge in [-0.1, -0.05) is 32.9 Å². The standard InChI is InChI=1S/C14H20N2O/c1-14(2,3)10-13(17)16-9-8-15-11-6-4-5-7-12(11)16/h4-7,15H,8-10H2,1-3H3. The van der Waals surface area contributed by atoms with Gasteiger partial charge in [0.1, 0.15) is 0 Å². The summed E-state index contributed by atoms with van der Waals surface area (Å²) in [7, 11) is 0. The average molecular weight is 232 g/mol. The largest absolute Gasteiger partial charge is 0.382 e. The molecule has 3 nitrogen and oxygen atoms in total. The maximum absolute atomic E-state index is 12.3. The highest BCUT2D eigenvalue weighted by Crippen LogP contribution is 2.30. The van der Waals surface area contributed by atoms with Crippen LogP contribution in [0.5, 0.6) is 0 Å². The number of carbonyl (C=O) groups is 1. The van der Waals surface area contributed by atoms with Gasteiger partial charge in [0.2, 0.25) is 5.91 Å². The number of fused-ring (bicyclic) bond motifs is 1. The normalized spacial score (nSPS) is 15.1. The highest BCUT2D eigenvalue weighted by atomic mass is 16.2. The van der Waals surface area contributed by atoms with Crippen LogP contribution in [0.2, 0.25) is 0 Å². The van der Waals surface area contributed by atoms with Crippen molar-refractivity contribution >= 4 is 17.3 Å². The Labute approximate surface area is 103 Å². The number of carbonyl (C=O) groups excluding carboxylic acids is 1. The Morgan fingerprint density at radius 1 is 1.35 bits per heavy atom. The van der Waals surface area contributed by atoms with Crippen LogP contribution in [0.1, 0.15) is 27.2 Å². The van der Waals surface area contributed by atoms with Crippen LogP contribution in [-0.2, 0) is 4.79 Å². The van der Waals surface area contributed by atoms with Crippen molar-refractivity contribution in [2.45, 2.75) is 27.2 Å². The van der Waals surface area contributed by atoms with Gasteiger partial charge >= 0.3 is 0 Å². The third-order valence-corrected chi connectivity index (χ3v) is 2.83. The van der Waals surface area contributed by atoms with E-state index in [9.17, 15) is 4.79 Å². The Kier molecular flexibility index (Phi) is 3.09. The van der Waals surface area contributed by atoms with Crippen LogP contribution >= 0.6 is 0 Å². The van der Waals surface area contributed by atoms with Gasteiger partial charge in [-0.15, -0.1) is 0 Å². The fourth-order valence-corrected chi connectivity index (χ4v) is 2.09. The zero-order chi connectivity index (χ0) is 12.5. The monoisotopic (exact) mass is 232 g/mol. The number of nitrogens with one attached hydrogen (secondary N) is 1. The molecule has 92 valence electrons. The summed E-state index contributed by atoms with van der Waals surface area (Å²) in [5.41, 5.74) is 2.10. The highest BCUT2D eigenvalue weighted by molar-refractivity contribution is 5.97. The first-order valence-corrected chi connectivity index (χ1v) is 6.11. The zero-order valence-electron chi connectivity index (χ0n) is 10.8. The van der Waals surface area contributed by atoms with Gasteiger partial charge < -0.3 is 10.2 Å². The van der Waals surface area contributed by atoms with E-state index in [2.05, 4.69) is 26.1 Å². The lowest BCUT2D eigenvalue weighted by molar-refractivity contribution is -0.120. The summed E-state index contributed by atoms with van der Waals surface area (Å²) in [6.45, 7) is 7.87. The number of hydrogen-bond acceptors (Lipinski definition) is 2. The first-order chi connectivity index (χ1) is 7.97. The summed E-state index contributed by atoms with van der Waals surface area (Å²) in [5.74, 6) is 0.214. The maximum atomic E-state index is 12.3. The van der Waals surface area contributed by atoms with E-state index in [0.29, 0.717) is 6.42 Å². The molecule has 17 heavy (non-hydrogen) atoms. The van der Waals surface area contributed by atoms with Crippen molar-refractivity contribution in [2.24, 2.45) is 5.41 Å². The van der Waals surface area contributed by atoms with Gasteiger partial charge in [0.25, 0.3) is 0 Å². The van der Waals surface area contributed by atoms with E-state index in [-0.39, 0.29) is 11.3 Å². The number of amides is 1. The minimum atomic E-state index is 0.0386. The molecule has 0 aliphatic carbocycles. The third-order valence-electron chi connectivity index (χ3n) is 2.83. The molecule has 1 N–H and O–H groups in total. The molecule has 1 aromatic rings. The van der Waals surface area contributed by atoms with Crippen LogP contribution in [0, 0.1) is 5.41 Å². The Bertz CT molecular complexity index is 420. The van der Waals surface area contributed by atoms with Gasteiger partial charge in [-0.05, 0) is 17.5 Å². The Morgan fingerprint density at radius 3 is 2.76 bits per heavy atom. The molecule has 1 heterocycles. The highest BCUT2D eigenvalue weighted by Gasteiger charge is 2.25. The van der Waals surface area contributed by atoms with Crippen LogP contribution in [0.15, 0.2) is 24.3 Å². The molecule has 0 saturated heterocycles. The van der Waals surface area contributed by atoms with E-state index in [1.807, 2.05) is 29.2 Å². The molecule has 0 unspecified atom stereocenters. The second kappa shape index (κ2) is 4.40. The van der Waals surface area contributed by atoms with Gasteiger partial charge in [0.15, 0.2) is 0 Å². The number of anilines is 2. The SMILES string of the molecule is CC(C)(C)CC(=O)N1CCNc2ccccc21. The molecule has 0 saturated carbocycles. The molecular weight excluding hydrogens is 212 g/mol. The van der Waals surface area contributed by atoms with Crippen molar-refractivity contribution in [3.63, 3.8) is 0 Å². The van der Waals surface area contributed by atoms with E-state index >= 15 is 0 Å². The topological polar surface area (TPSA) is 32.3 Å². The van der Waals surface area contributed by atoms with Crippen molar-refractivity contribution in [1.29, 1.82) is 0 Å². The Morgan fingerprint density at radius 2 is 2.06 bits per heavy atom. The molecule has 0 fully saturated rings. The molecule has 2 rings (SSSR count). The summed E-state index contributed by atoms with van der Waals surface area (Å²) < 4.78 is 0. The molecule has 3 heteroatoms. The van der Waals surface area contributed by atoms with E-state index < -0.39 is 0 Å². The van der Waals surface area contributed by atoms with Crippen LogP contribution in [-0.4, -0.2) is 19.0 Å². The van der Waals surface area contributed by atoms with Crippen LogP contribution < -0.4 is 10.2 Å². The summed E-state index contributed by atoms with van der Waals surface area (Å²) >= 11 is 0.